The van der Waals surface area contributed by atoms with E-state index in [0.29, 0.717) is 33.8 Å². The van der Waals surface area contributed by atoms with Crippen LogP contribution in [0.15, 0.2) is 66.2 Å². The van der Waals surface area contributed by atoms with Gasteiger partial charge in [-0.1, -0.05) is 39.0 Å². The van der Waals surface area contributed by atoms with Crippen LogP contribution in [0.3, 0.4) is 0 Å². The van der Waals surface area contributed by atoms with Gasteiger partial charge in [0, 0.05) is 36.6 Å². The van der Waals surface area contributed by atoms with Gasteiger partial charge in [0.25, 0.3) is 0 Å². The van der Waals surface area contributed by atoms with Crippen LogP contribution < -0.4 is 4.90 Å². The number of aromatic nitrogens is 1. The highest BCUT2D eigenvalue weighted by Gasteiger charge is 2.31. The Bertz CT molecular complexity index is 941. The lowest BCUT2D eigenvalue weighted by atomic mass is 10.2. The molecule has 172 valence electrons. The van der Waals surface area contributed by atoms with Gasteiger partial charge in [-0.15, -0.1) is 13.2 Å². The number of nitriles is 1. The predicted octanol–water partition coefficient (Wildman–Crippen LogP) is 7.63. The summed E-state index contributed by atoms with van der Waals surface area (Å²) >= 11 is 3.07. The first-order valence-electron chi connectivity index (χ1n) is 10.4. The van der Waals surface area contributed by atoms with E-state index >= 15 is 0 Å². The molecular weight excluding hydrogens is 469 g/mol. The molecule has 3 aromatic rings. The molecule has 2 aromatic carbocycles. The fourth-order valence-electron chi connectivity index (χ4n) is 2.44. The molecule has 1 fully saturated rings. The van der Waals surface area contributed by atoms with Gasteiger partial charge in [-0.2, -0.15) is 5.26 Å². The molecule has 1 aliphatic carbocycles. The predicted molar refractivity (Wildman–Crippen MR) is 138 cm³/mol. The van der Waals surface area contributed by atoms with E-state index in [0.717, 1.165) is 11.8 Å². The van der Waals surface area contributed by atoms with Crippen molar-refractivity contribution in [1.82, 2.24) is 4.98 Å². The maximum absolute atomic E-state index is 13.0. The second-order valence-corrected chi connectivity index (χ2v) is 7.73. The van der Waals surface area contributed by atoms with E-state index < -0.39 is 0 Å². The number of aromatic amines is 1. The summed E-state index contributed by atoms with van der Waals surface area (Å²) in [5.74, 6) is 0.770. The highest BCUT2D eigenvalue weighted by Crippen LogP contribution is 2.36. The molecule has 0 radical (unpaired) electrons. The number of halogens is 2. The maximum atomic E-state index is 13.0. The van der Waals surface area contributed by atoms with Crippen molar-refractivity contribution in [2.24, 2.45) is 11.8 Å². The van der Waals surface area contributed by atoms with Gasteiger partial charge in [-0.25, -0.2) is 4.39 Å². The third kappa shape index (κ3) is 9.93. The minimum Gasteiger partial charge on any atom is -0.378 e. The second-order valence-electron chi connectivity index (χ2n) is 6.87. The number of fused-ring (bicyclic) bond motifs is 1. The van der Waals surface area contributed by atoms with E-state index in [2.05, 4.69) is 64.1 Å². The van der Waals surface area contributed by atoms with Gasteiger partial charge in [-0.3, -0.25) is 4.79 Å². The number of aldehydes is 1. The number of hydrogen-bond donors (Lipinski definition) is 1. The second kappa shape index (κ2) is 15.8. The first-order valence-corrected chi connectivity index (χ1v) is 11.2. The molecule has 0 spiro atoms. The fourth-order valence-corrected chi connectivity index (χ4v) is 2.80. The number of rotatable bonds is 2. The Hall–Kier alpha value is -2.91. The van der Waals surface area contributed by atoms with Crippen molar-refractivity contribution in [2.45, 2.75) is 27.2 Å². The van der Waals surface area contributed by atoms with Crippen LogP contribution in [0.25, 0.3) is 10.9 Å². The zero-order valence-corrected chi connectivity index (χ0v) is 21.1. The number of carbonyl (C=O) groups excluding carboxylic acids is 1. The summed E-state index contributed by atoms with van der Waals surface area (Å²) < 4.78 is 13.4. The molecule has 2 atom stereocenters. The molecular formula is C26H33BrFN3O. The van der Waals surface area contributed by atoms with Gasteiger partial charge >= 0.3 is 0 Å². The molecule has 1 aliphatic rings. The standard InChI is InChI=1S/C9H5BrFNO.C8H11N.C5H7N.C2H6.C2H4/c10-7-2-5-1-6(4-13)12-9(5)3-8(7)11;1-9(2)8-6-4-3-5-7-8;1-4-2-5(4)3-6;2*1-2/h1-4,12H;3-7H,1-2H3;4-5H,2H2,1H3;1-2H3;1-2H2. The van der Waals surface area contributed by atoms with Crippen molar-refractivity contribution in [3.8, 4) is 6.07 Å². The SMILES string of the molecule is C=C.CC.CC1CC1C#N.CN(C)c1ccccc1.O=Cc1cc2cc(Br)c(F)cc2[nH]1. The first kappa shape index (κ1) is 29.1. The van der Waals surface area contributed by atoms with E-state index in [9.17, 15) is 9.18 Å². The highest BCUT2D eigenvalue weighted by atomic mass is 79.9. The maximum Gasteiger partial charge on any atom is 0.166 e. The summed E-state index contributed by atoms with van der Waals surface area (Å²) in [6.07, 6.45) is 1.84. The number of nitrogens with zero attached hydrogens (tertiary/aromatic N) is 2. The summed E-state index contributed by atoms with van der Waals surface area (Å²) in [6, 6.07) is 17.1. The van der Waals surface area contributed by atoms with E-state index in [-0.39, 0.29) is 5.82 Å². The van der Waals surface area contributed by atoms with Crippen LogP contribution in [-0.2, 0) is 0 Å². The largest absolute Gasteiger partial charge is 0.378 e. The number of benzene rings is 2. The number of anilines is 1. The van der Waals surface area contributed by atoms with Crippen LogP contribution in [-0.4, -0.2) is 25.4 Å². The Kier molecular flexibility index (Phi) is 14.4. The molecule has 0 aliphatic heterocycles. The average molecular weight is 502 g/mol. The van der Waals surface area contributed by atoms with Gasteiger partial charge in [-0.05, 0) is 58.6 Å². The number of carbonyl (C=O) groups is 1. The third-order valence-electron chi connectivity index (χ3n) is 4.36. The third-order valence-corrected chi connectivity index (χ3v) is 4.97. The van der Waals surface area contributed by atoms with Crippen LogP contribution in [0.4, 0.5) is 10.1 Å². The van der Waals surface area contributed by atoms with Crippen LogP contribution >= 0.6 is 15.9 Å². The van der Waals surface area contributed by atoms with Crippen molar-refractivity contribution in [3.05, 3.63) is 77.7 Å². The molecule has 4 rings (SSSR count). The van der Waals surface area contributed by atoms with Crippen molar-refractivity contribution < 1.29 is 9.18 Å². The van der Waals surface area contributed by atoms with E-state index in [1.807, 2.05) is 46.1 Å². The Morgan fingerprint density at radius 3 is 2.12 bits per heavy atom. The van der Waals surface area contributed by atoms with Crippen LogP contribution in [0.2, 0.25) is 0 Å². The molecule has 1 heterocycles. The van der Waals surface area contributed by atoms with Gasteiger partial charge in [0.15, 0.2) is 6.29 Å². The minimum atomic E-state index is -0.341. The zero-order valence-electron chi connectivity index (χ0n) is 19.5. The molecule has 6 heteroatoms. The normalized spacial score (nSPS) is 14.9. The molecule has 1 saturated carbocycles. The lowest BCUT2D eigenvalue weighted by Gasteiger charge is -2.10. The van der Waals surface area contributed by atoms with E-state index in [1.165, 1.54) is 11.8 Å². The summed E-state index contributed by atoms with van der Waals surface area (Å²) in [4.78, 5) is 15.3. The summed E-state index contributed by atoms with van der Waals surface area (Å²) in [5, 5.41) is 8.94. The Morgan fingerprint density at radius 2 is 1.75 bits per heavy atom. The van der Waals surface area contributed by atoms with Crippen molar-refractivity contribution >= 4 is 38.8 Å². The molecule has 1 N–H and O–H groups in total. The van der Waals surface area contributed by atoms with Crippen LogP contribution in [0, 0.1) is 29.0 Å². The Labute approximate surface area is 199 Å². The molecule has 0 amide bonds. The molecule has 4 nitrogen and oxygen atoms in total. The summed E-state index contributed by atoms with van der Waals surface area (Å²) in [5.41, 5.74) is 2.33. The van der Waals surface area contributed by atoms with Gasteiger partial charge < -0.3 is 9.88 Å². The van der Waals surface area contributed by atoms with Crippen LogP contribution in [0.1, 0.15) is 37.7 Å². The first-order chi connectivity index (χ1) is 15.3. The lowest BCUT2D eigenvalue weighted by Crippen LogP contribution is -2.07. The lowest BCUT2D eigenvalue weighted by molar-refractivity contribution is 0.111. The number of hydrogen-bond acceptors (Lipinski definition) is 3. The van der Waals surface area contributed by atoms with Crippen molar-refractivity contribution in [3.63, 3.8) is 0 Å². The van der Waals surface area contributed by atoms with Crippen molar-refractivity contribution in [2.75, 3.05) is 19.0 Å². The van der Waals surface area contributed by atoms with Gasteiger partial charge in [0.05, 0.1) is 16.2 Å². The fraction of sp³-hybridized carbons (Fsp3) is 0.308. The molecule has 2 unspecified atom stereocenters. The average Bonchev–Trinajstić information content (AvgIpc) is 3.42. The van der Waals surface area contributed by atoms with Gasteiger partial charge in [0.2, 0.25) is 0 Å². The smallest absolute Gasteiger partial charge is 0.166 e. The molecule has 0 bridgehead atoms. The van der Waals surface area contributed by atoms with Crippen molar-refractivity contribution in [1.29, 1.82) is 5.26 Å². The van der Waals surface area contributed by atoms with Gasteiger partial charge in [0.1, 0.15) is 5.82 Å². The molecule has 1 aromatic heterocycles. The molecule has 0 saturated heterocycles. The quantitative estimate of drug-likeness (QED) is 0.290. The zero-order chi connectivity index (χ0) is 24.7. The Morgan fingerprint density at radius 1 is 1.19 bits per heavy atom. The minimum absolute atomic E-state index is 0.341. The number of nitrogens with one attached hydrogen (secondary N) is 1. The monoisotopic (exact) mass is 501 g/mol. The Balaban J connectivity index is 0.000000442. The summed E-state index contributed by atoms with van der Waals surface area (Å²) in [7, 11) is 4.07. The van der Waals surface area contributed by atoms with Crippen LogP contribution in [0.5, 0.6) is 0 Å². The van der Waals surface area contributed by atoms with E-state index in [4.69, 9.17) is 5.26 Å². The van der Waals surface area contributed by atoms with E-state index in [1.54, 1.807) is 12.1 Å². The summed E-state index contributed by atoms with van der Waals surface area (Å²) in [6.45, 7) is 12.1. The number of H-pyrrole nitrogens is 1. The number of para-hydroxylation sites is 1. The molecule has 32 heavy (non-hydrogen) atoms. The topological polar surface area (TPSA) is 59.9 Å². The highest BCUT2D eigenvalue weighted by molar-refractivity contribution is 9.10.